The van der Waals surface area contributed by atoms with Crippen LogP contribution in [0.25, 0.3) is 0 Å². The SMILES string of the molecule is Nc1ccc(S(=O)(=O)c2ccc(N)c(O)c2Oc2ccccc2)c(Oc2ccccc2)c1O. The Morgan fingerprint density at radius 3 is 1.30 bits per heavy atom. The predicted molar refractivity (Wildman–Crippen MR) is 124 cm³/mol. The van der Waals surface area contributed by atoms with Crippen molar-refractivity contribution in [3.8, 4) is 34.5 Å². The number of rotatable bonds is 6. The lowest BCUT2D eigenvalue weighted by Crippen LogP contribution is -2.07. The van der Waals surface area contributed by atoms with E-state index < -0.39 is 21.3 Å². The van der Waals surface area contributed by atoms with E-state index in [2.05, 4.69) is 0 Å². The molecular formula is C24H20N2O6S. The highest BCUT2D eigenvalue weighted by Crippen LogP contribution is 2.47. The molecule has 6 N–H and O–H groups in total. The molecule has 4 aromatic carbocycles. The second-order valence-electron chi connectivity index (χ2n) is 6.99. The highest BCUT2D eigenvalue weighted by molar-refractivity contribution is 7.91. The molecule has 0 saturated heterocycles. The zero-order chi connectivity index (χ0) is 23.6. The molecule has 0 amide bonds. The Bertz CT molecular complexity index is 1310. The summed E-state index contributed by atoms with van der Waals surface area (Å²) in [7, 11) is -4.40. The molecule has 0 aromatic heterocycles. The van der Waals surface area contributed by atoms with Crippen LogP contribution < -0.4 is 20.9 Å². The van der Waals surface area contributed by atoms with Crippen LogP contribution in [0.3, 0.4) is 0 Å². The van der Waals surface area contributed by atoms with Crippen LogP contribution in [0.1, 0.15) is 0 Å². The van der Waals surface area contributed by atoms with Crippen molar-refractivity contribution in [3.63, 3.8) is 0 Å². The average molecular weight is 464 g/mol. The number of sulfone groups is 1. The van der Waals surface area contributed by atoms with E-state index in [0.29, 0.717) is 0 Å². The van der Waals surface area contributed by atoms with E-state index in [1.165, 1.54) is 24.3 Å². The first-order chi connectivity index (χ1) is 15.8. The van der Waals surface area contributed by atoms with E-state index in [-0.39, 0.29) is 44.2 Å². The number of ether oxygens (including phenoxy) is 2. The van der Waals surface area contributed by atoms with Crippen molar-refractivity contribution in [1.82, 2.24) is 0 Å². The van der Waals surface area contributed by atoms with Gasteiger partial charge in [-0.05, 0) is 48.5 Å². The zero-order valence-corrected chi connectivity index (χ0v) is 18.0. The van der Waals surface area contributed by atoms with Gasteiger partial charge >= 0.3 is 0 Å². The Kier molecular flexibility index (Phi) is 5.72. The molecule has 0 saturated carbocycles. The van der Waals surface area contributed by atoms with E-state index in [0.717, 1.165) is 0 Å². The van der Waals surface area contributed by atoms with E-state index in [9.17, 15) is 18.6 Å². The largest absolute Gasteiger partial charge is 0.503 e. The molecule has 0 radical (unpaired) electrons. The summed E-state index contributed by atoms with van der Waals surface area (Å²) in [5.74, 6) is -1.21. The van der Waals surface area contributed by atoms with Gasteiger partial charge in [-0.15, -0.1) is 0 Å². The molecule has 0 aliphatic rings. The lowest BCUT2D eigenvalue weighted by atomic mass is 10.2. The second kappa shape index (κ2) is 8.64. The summed E-state index contributed by atoms with van der Waals surface area (Å²) in [6, 6.07) is 21.6. The Hall–Kier alpha value is -4.37. The number of phenols is 2. The summed E-state index contributed by atoms with van der Waals surface area (Å²) in [6.45, 7) is 0. The lowest BCUT2D eigenvalue weighted by molar-refractivity contribution is 0.400. The molecule has 9 heteroatoms. The number of anilines is 2. The second-order valence-corrected chi connectivity index (χ2v) is 8.88. The van der Waals surface area contributed by atoms with E-state index in [1.807, 2.05) is 0 Å². The fourth-order valence-electron chi connectivity index (χ4n) is 3.09. The molecule has 0 spiro atoms. The van der Waals surface area contributed by atoms with Gasteiger partial charge < -0.3 is 31.2 Å². The minimum Gasteiger partial charge on any atom is -0.503 e. The molecular weight excluding hydrogens is 444 g/mol. The van der Waals surface area contributed by atoms with Gasteiger partial charge in [0, 0.05) is 0 Å². The zero-order valence-electron chi connectivity index (χ0n) is 17.2. The molecule has 0 bridgehead atoms. The van der Waals surface area contributed by atoms with Crippen molar-refractivity contribution in [2.24, 2.45) is 0 Å². The maximum atomic E-state index is 13.7. The van der Waals surface area contributed by atoms with E-state index in [4.69, 9.17) is 20.9 Å². The third kappa shape index (κ3) is 4.21. The van der Waals surface area contributed by atoms with Crippen molar-refractivity contribution >= 4 is 21.2 Å². The molecule has 33 heavy (non-hydrogen) atoms. The number of hydrogen-bond donors (Lipinski definition) is 4. The molecule has 0 unspecified atom stereocenters. The number of aromatic hydroxyl groups is 2. The van der Waals surface area contributed by atoms with Crippen LogP contribution in [0, 0.1) is 0 Å². The fraction of sp³-hybridized carbons (Fsp3) is 0. The highest BCUT2D eigenvalue weighted by atomic mass is 32.2. The quantitative estimate of drug-likeness (QED) is 0.238. The van der Waals surface area contributed by atoms with Crippen molar-refractivity contribution in [3.05, 3.63) is 84.9 Å². The molecule has 168 valence electrons. The number of nitrogen functional groups attached to an aromatic ring is 2. The molecule has 8 nitrogen and oxygen atoms in total. The van der Waals surface area contributed by atoms with Gasteiger partial charge in [-0.25, -0.2) is 8.42 Å². The van der Waals surface area contributed by atoms with Gasteiger partial charge in [-0.3, -0.25) is 0 Å². The molecule has 0 atom stereocenters. The van der Waals surface area contributed by atoms with Crippen molar-refractivity contribution in [1.29, 1.82) is 0 Å². The number of phenolic OH excluding ortho intramolecular Hbond substituents is 2. The molecule has 4 aromatic rings. The molecule has 4 rings (SSSR count). The van der Waals surface area contributed by atoms with E-state index >= 15 is 0 Å². The monoisotopic (exact) mass is 464 g/mol. The summed E-state index contributed by atoms with van der Waals surface area (Å²) in [5.41, 5.74) is 11.5. The highest BCUT2D eigenvalue weighted by Gasteiger charge is 2.31. The molecule has 0 aliphatic heterocycles. The molecule has 0 fully saturated rings. The first-order valence-corrected chi connectivity index (χ1v) is 11.2. The lowest BCUT2D eigenvalue weighted by Gasteiger charge is -2.17. The Balaban J connectivity index is 1.89. The van der Waals surface area contributed by atoms with Crippen molar-refractivity contribution in [2.75, 3.05) is 11.5 Å². The normalized spacial score (nSPS) is 11.2. The van der Waals surface area contributed by atoms with Crippen LogP contribution in [0.4, 0.5) is 11.4 Å². The first-order valence-electron chi connectivity index (χ1n) is 9.73. The number of nitrogens with two attached hydrogens (primary N) is 2. The minimum atomic E-state index is -4.40. The van der Waals surface area contributed by atoms with Gasteiger partial charge in [0.25, 0.3) is 0 Å². The third-order valence-electron chi connectivity index (χ3n) is 4.76. The van der Waals surface area contributed by atoms with Crippen molar-refractivity contribution in [2.45, 2.75) is 9.79 Å². The third-order valence-corrected chi connectivity index (χ3v) is 6.56. The summed E-state index contributed by atoms with van der Waals surface area (Å²) in [6.07, 6.45) is 0. The predicted octanol–water partition coefficient (Wildman–Crippen LogP) is 4.68. The Morgan fingerprint density at radius 1 is 0.576 bits per heavy atom. The fourth-order valence-corrected chi connectivity index (χ4v) is 4.58. The standard InChI is InChI=1S/C24H20N2O6S/c25-17-11-13-19(23(21(17)27)31-15-7-3-1-4-8-15)33(29,30)20-14-12-18(26)22(28)24(20)32-16-9-5-2-6-10-16/h1-14,27-28H,25-26H2. The summed E-state index contributed by atoms with van der Waals surface area (Å²) < 4.78 is 38.8. The number of benzene rings is 4. The summed E-state index contributed by atoms with van der Waals surface area (Å²) in [5, 5.41) is 21.1. The van der Waals surface area contributed by atoms with Gasteiger partial charge in [0.1, 0.15) is 21.3 Å². The number of para-hydroxylation sites is 2. The van der Waals surface area contributed by atoms with Crippen LogP contribution in [0.5, 0.6) is 34.5 Å². The number of hydrogen-bond acceptors (Lipinski definition) is 8. The summed E-state index contributed by atoms with van der Waals surface area (Å²) in [4.78, 5) is -0.750. The topological polar surface area (TPSA) is 145 Å². The van der Waals surface area contributed by atoms with Gasteiger partial charge in [0.15, 0.2) is 23.0 Å². The van der Waals surface area contributed by atoms with E-state index in [1.54, 1.807) is 60.7 Å². The Morgan fingerprint density at radius 2 is 0.939 bits per heavy atom. The van der Waals surface area contributed by atoms with Crippen LogP contribution in [-0.2, 0) is 9.84 Å². The van der Waals surface area contributed by atoms with Crippen molar-refractivity contribution < 1.29 is 28.1 Å². The van der Waals surface area contributed by atoms with Gasteiger partial charge in [0.05, 0.1) is 11.4 Å². The molecule has 0 heterocycles. The first kappa shape index (κ1) is 21.8. The average Bonchev–Trinajstić information content (AvgIpc) is 2.81. The Labute approximate surface area is 190 Å². The minimum absolute atomic E-state index is 0.0687. The smallest absolute Gasteiger partial charge is 0.214 e. The maximum absolute atomic E-state index is 13.7. The van der Waals surface area contributed by atoms with Crippen LogP contribution in [0.15, 0.2) is 94.7 Å². The van der Waals surface area contributed by atoms with Gasteiger partial charge in [-0.2, -0.15) is 0 Å². The van der Waals surface area contributed by atoms with Crippen LogP contribution >= 0.6 is 0 Å². The van der Waals surface area contributed by atoms with Crippen LogP contribution in [-0.4, -0.2) is 18.6 Å². The van der Waals surface area contributed by atoms with Crippen LogP contribution in [0.2, 0.25) is 0 Å². The maximum Gasteiger partial charge on any atom is 0.214 e. The molecule has 0 aliphatic carbocycles. The van der Waals surface area contributed by atoms with Gasteiger partial charge in [-0.1, -0.05) is 36.4 Å². The summed E-state index contributed by atoms with van der Waals surface area (Å²) >= 11 is 0. The van der Waals surface area contributed by atoms with Gasteiger partial charge in [0.2, 0.25) is 9.84 Å².